The van der Waals surface area contributed by atoms with Gasteiger partial charge in [-0.3, -0.25) is 0 Å². The first-order valence-corrected chi connectivity index (χ1v) is 18.3. The summed E-state index contributed by atoms with van der Waals surface area (Å²) in [7, 11) is 0. The normalized spacial score (nSPS) is 13.2. The van der Waals surface area contributed by atoms with E-state index in [-0.39, 0.29) is 5.41 Å². The number of nitrogens with zero attached hydrogens (tertiary/aromatic N) is 3. The van der Waals surface area contributed by atoms with Gasteiger partial charge in [-0.05, 0) is 93.9 Å². The fourth-order valence-electron chi connectivity index (χ4n) is 7.81. The zero-order chi connectivity index (χ0) is 36.4. The number of hydrogen-bond donors (Lipinski definition) is 0. The number of rotatable bonds is 5. The Labute approximate surface area is 314 Å². The lowest BCUT2D eigenvalue weighted by Crippen LogP contribution is -2.15. The molecule has 2 aliphatic rings. The molecular weight excluding hydrogens is 663 g/mol. The van der Waals surface area contributed by atoms with Crippen LogP contribution in [0.15, 0.2) is 158 Å². The lowest BCUT2D eigenvalue weighted by atomic mass is 9.82. The van der Waals surface area contributed by atoms with Gasteiger partial charge in [0.2, 0.25) is 0 Å². The third-order valence-electron chi connectivity index (χ3n) is 10.6. The molecule has 0 unspecified atom stereocenters. The number of benzene rings is 7. The molecule has 1 aliphatic carbocycles. The molecule has 5 nitrogen and oxygen atoms in total. The Hall–Kier alpha value is -6.85. The molecule has 0 bridgehead atoms. The largest absolute Gasteiger partial charge is 0.449 e. The van der Waals surface area contributed by atoms with Crippen molar-refractivity contribution < 1.29 is 9.47 Å². The van der Waals surface area contributed by atoms with Crippen molar-refractivity contribution in [2.45, 2.75) is 26.2 Å². The highest BCUT2D eigenvalue weighted by atomic mass is 16.6. The van der Waals surface area contributed by atoms with E-state index in [0.717, 1.165) is 56.0 Å². The van der Waals surface area contributed by atoms with E-state index in [2.05, 4.69) is 148 Å². The van der Waals surface area contributed by atoms with Gasteiger partial charge >= 0.3 is 0 Å². The average Bonchev–Trinajstić information content (AvgIpc) is 3.44. The zero-order valence-electron chi connectivity index (χ0n) is 30.2. The number of aryl methyl sites for hydroxylation is 1. The van der Waals surface area contributed by atoms with Crippen LogP contribution in [0.1, 0.15) is 30.5 Å². The maximum Gasteiger partial charge on any atom is 0.170 e. The van der Waals surface area contributed by atoms with Crippen LogP contribution >= 0.6 is 0 Å². The topological polar surface area (TPSA) is 57.1 Å². The highest BCUT2D eigenvalue weighted by Gasteiger charge is 2.37. The van der Waals surface area contributed by atoms with Gasteiger partial charge < -0.3 is 9.47 Å². The summed E-state index contributed by atoms with van der Waals surface area (Å²) in [5, 5.41) is 0. The van der Waals surface area contributed by atoms with Crippen LogP contribution in [-0.2, 0) is 5.41 Å². The second-order valence-electron chi connectivity index (χ2n) is 14.6. The molecule has 0 saturated carbocycles. The maximum absolute atomic E-state index is 6.59. The Kier molecular flexibility index (Phi) is 7.31. The van der Waals surface area contributed by atoms with Crippen LogP contribution < -0.4 is 9.47 Å². The molecule has 0 radical (unpaired) electrons. The molecule has 0 atom stereocenters. The molecule has 2 heterocycles. The summed E-state index contributed by atoms with van der Waals surface area (Å²) in [6.07, 6.45) is 0. The van der Waals surface area contributed by atoms with Gasteiger partial charge in [0, 0.05) is 22.1 Å². The number of ether oxygens (including phenoxy) is 2. The van der Waals surface area contributed by atoms with Crippen molar-refractivity contribution in [3.8, 4) is 90.5 Å². The van der Waals surface area contributed by atoms with Crippen LogP contribution in [0.25, 0.3) is 67.5 Å². The van der Waals surface area contributed by atoms with Crippen molar-refractivity contribution in [2.75, 3.05) is 0 Å². The molecule has 7 aromatic carbocycles. The van der Waals surface area contributed by atoms with Gasteiger partial charge in [-0.2, -0.15) is 0 Å². The van der Waals surface area contributed by atoms with E-state index in [0.29, 0.717) is 29.0 Å². The van der Waals surface area contributed by atoms with Crippen LogP contribution in [0, 0.1) is 6.92 Å². The lowest BCUT2D eigenvalue weighted by Gasteiger charge is -2.25. The summed E-state index contributed by atoms with van der Waals surface area (Å²) in [5.74, 6) is 4.68. The van der Waals surface area contributed by atoms with Crippen LogP contribution in [0.5, 0.6) is 23.0 Å². The minimum Gasteiger partial charge on any atom is -0.449 e. The van der Waals surface area contributed by atoms with Crippen molar-refractivity contribution in [1.82, 2.24) is 15.0 Å². The van der Waals surface area contributed by atoms with E-state index in [4.69, 9.17) is 24.4 Å². The summed E-state index contributed by atoms with van der Waals surface area (Å²) >= 11 is 0. The summed E-state index contributed by atoms with van der Waals surface area (Å²) in [4.78, 5) is 15.1. The van der Waals surface area contributed by atoms with Crippen LogP contribution in [0.2, 0.25) is 0 Å². The Balaban J connectivity index is 1.02. The minimum absolute atomic E-state index is 0.133. The van der Waals surface area contributed by atoms with E-state index < -0.39 is 0 Å². The Morgan fingerprint density at radius 3 is 1.59 bits per heavy atom. The summed E-state index contributed by atoms with van der Waals surface area (Å²) in [6, 6.07) is 54.4. The van der Waals surface area contributed by atoms with Gasteiger partial charge in [0.1, 0.15) is 0 Å². The van der Waals surface area contributed by atoms with Gasteiger partial charge in [-0.25, -0.2) is 15.0 Å². The molecule has 0 saturated heterocycles. The van der Waals surface area contributed by atoms with E-state index in [1.165, 1.54) is 22.3 Å². The van der Waals surface area contributed by atoms with Crippen molar-refractivity contribution in [3.05, 3.63) is 174 Å². The predicted octanol–water partition coefficient (Wildman–Crippen LogP) is 12.7. The molecule has 5 heteroatoms. The molecule has 0 fully saturated rings. The molecule has 0 spiro atoms. The second-order valence-corrected chi connectivity index (χ2v) is 14.6. The Morgan fingerprint density at radius 1 is 0.370 bits per heavy atom. The third kappa shape index (κ3) is 5.44. The van der Waals surface area contributed by atoms with E-state index in [1.54, 1.807) is 0 Å². The van der Waals surface area contributed by atoms with E-state index >= 15 is 0 Å². The van der Waals surface area contributed by atoms with Crippen molar-refractivity contribution in [3.63, 3.8) is 0 Å². The Morgan fingerprint density at radius 2 is 0.889 bits per heavy atom. The summed E-state index contributed by atoms with van der Waals surface area (Å²) < 4.78 is 13.1. The third-order valence-corrected chi connectivity index (χ3v) is 10.6. The standard InChI is InChI=1S/C49H35N3O2/c1-30-12-9-17-35(24-30)46-50-47(36-18-10-15-32(25-36)31-13-5-4-6-14-31)52-48(51-46)37-19-11-16-33(26-37)34-22-23-42-43(27-34)54-45-29-41-39(28-44(45)53-42)38-20-7-8-21-40(38)49(41,2)3/h4-29H,1-3H3. The molecule has 1 aliphatic heterocycles. The quantitative estimate of drug-likeness (QED) is 0.179. The highest BCUT2D eigenvalue weighted by molar-refractivity contribution is 5.84. The second kappa shape index (κ2) is 12.4. The lowest BCUT2D eigenvalue weighted by molar-refractivity contribution is 0.359. The van der Waals surface area contributed by atoms with Gasteiger partial charge in [0.25, 0.3) is 0 Å². The fraction of sp³-hybridized carbons (Fsp3) is 0.0816. The first-order valence-electron chi connectivity index (χ1n) is 18.3. The molecule has 258 valence electrons. The smallest absolute Gasteiger partial charge is 0.170 e. The highest BCUT2D eigenvalue weighted by Crippen LogP contribution is 2.55. The maximum atomic E-state index is 6.59. The molecule has 8 aromatic rings. The van der Waals surface area contributed by atoms with Crippen molar-refractivity contribution in [2.24, 2.45) is 0 Å². The van der Waals surface area contributed by atoms with Crippen molar-refractivity contribution >= 4 is 0 Å². The minimum atomic E-state index is -0.133. The molecule has 10 rings (SSSR count). The summed E-state index contributed by atoms with van der Waals surface area (Å²) in [5.41, 5.74) is 13.0. The number of fused-ring (bicyclic) bond motifs is 5. The first kappa shape index (κ1) is 31.9. The monoisotopic (exact) mass is 697 g/mol. The van der Waals surface area contributed by atoms with Gasteiger partial charge in [0.05, 0.1) is 0 Å². The first-order chi connectivity index (χ1) is 26.4. The SMILES string of the molecule is Cc1cccc(-c2nc(-c3cccc(-c4ccccc4)c3)nc(-c3cccc(-c4ccc5c(c4)Oc4cc6c(cc4O5)-c4ccccc4C6(C)C)c3)n2)c1. The molecule has 0 amide bonds. The van der Waals surface area contributed by atoms with Gasteiger partial charge in [0.15, 0.2) is 40.5 Å². The van der Waals surface area contributed by atoms with Gasteiger partial charge in [-0.1, -0.05) is 135 Å². The van der Waals surface area contributed by atoms with Crippen molar-refractivity contribution in [1.29, 1.82) is 0 Å². The van der Waals surface area contributed by atoms with Crippen LogP contribution in [0.3, 0.4) is 0 Å². The predicted molar refractivity (Wildman–Crippen MR) is 216 cm³/mol. The number of aromatic nitrogens is 3. The van der Waals surface area contributed by atoms with E-state index in [1.807, 2.05) is 30.3 Å². The molecule has 54 heavy (non-hydrogen) atoms. The number of hydrogen-bond acceptors (Lipinski definition) is 5. The van der Waals surface area contributed by atoms with E-state index in [9.17, 15) is 0 Å². The summed E-state index contributed by atoms with van der Waals surface area (Å²) in [6.45, 7) is 6.62. The molecular formula is C49H35N3O2. The van der Waals surface area contributed by atoms with Gasteiger partial charge in [-0.15, -0.1) is 0 Å². The molecule has 1 aromatic heterocycles. The van der Waals surface area contributed by atoms with Crippen LogP contribution in [0.4, 0.5) is 0 Å². The Bertz CT molecular complexity index is 2770. The molecule has 0 N–H and O–H groups in total. The zero-order valence-corrected chi connectivity index (χ0v) is 30.2. The average molecular weight is 698 g/mol. The van der Waals surface area contributed by atoms with Crippen LogP contribution in [-0.4, -0.2) is 15.0 Å². The fourth-order valence-corrected chi connectivity index (χ4v) is 7.81.